The van der Waals surface area contributed by atoms with Crippen molar-refractivity contribution in [1.29, 1.82) is 0 Å². The largest absolute Gasteiger partial charge is 0.396 e. The van der Waals surface area contributed by atoms with Gasteiger partial charge >= 0.3 is 0 Å². The lowest BCUT2D eigenvalue weighted by Gasteiger charge is -2.46. The maximum absolute atomic E-state index is 10.1. The van der Waals surface area contributed by atoms with Gasteiger partial charge in [0.1, 0.15) is 0 Å². The Hall–Kier alpha value is -1.68. The Morgan fingerprint density at radius 1 is 0.920 bits per heavy atom. The molecule has 0 saturated carbocycles. The van der Waals surface area contributed by atoms with Crippen molar-refractivity contribution < 1.29 is 10.2 Å². The van der Waals surface area contributed by atoms with Crippen LogP contribution >= 0.6 is 0 Å². The monoisotopic (exact) mass is 339 g/mol. The predicted octanol–water partition coefficient (Wildman–Crippen LogP) is 3.45. The zero-order valence-electron chi connectivity index (χ0n) is 15.0. The average Bonchev–Trinajstić information content (AvgIpc) is 2.69. The minimum atomic E-state index is 0.000948. The van der Waals surface area contributed by atoms with Crippen LogP contribution in [0.15, 0.2) is 60.7 Å². The van der Waals surface area contributed by atoms with Crippen molar-refractivity contribution in [2.75, 3.05) is 26.3 Å². The molecule has 3 rings (SSSR count). The van der Waals surface area contributed by atoms with E-state index in [0.717, 1.165) is 25.1 Å². The van der Waals surface area contributed by atoms with Crippen molar-refractivity contribution in [3.8, 4) is 0 Å². The SMILES string of the molecule is CCC1CN(C(CO)c2ccccc2)CC(CO)C1c1ccccc1. The Labute approximate surface area is 150 Å². The summed E-state index contributed by atoms with van der Waals surface area (Å²) in [6.45, 7) is 4.28. The van der Waals surface area contributed by atoms with E-state index < -0.39 is 0 Å². The van der Waals surface area contributed by atoms with Gasteiger partial charge in [-0.15, -0.1) is 0 Å². The maximum Gasteiger partial charge on any atom is 0.0628 e. The van der Waals surface area contributed by atoms with Crippen molar-refractivity contribution in [1.82, 2.24) is 4.90 Å². The molecule has 1 aliphatic heterocycles. The Balaban J connectivity index is 1.86. The van der Waals surface area contributed by atoms with E-state index in [9.17, 15) is 10.2 Å². The highest BCUT2D eigenvalue weighted by molar-refractivity contribution is 5.24. The van der Waals surface area contributed by atoms with Gasteiger partial charge in [-0.05, 0) is 23.0 Å². The molecule has 1 saturated heterocycles. The van der Waals surface area contributed by atoms with Crippen molar-refractivity contribution >= 4 is 0 Å². The normalized spacial score (nSPS) is 25.6. The van der Waals surface area contributed by atoms with Gasteiger partial charge in [0.15, 0.2) is 0 Å². The number of likely N-dealkylation sites (tertiary alicyclic amines) is 1. The molecule has 3 nitrogen and oxygen atoms in total. The van der Waals surface area contributed by atoms with Crippen LogP contribution < -0.4 is 0 Å². The molecule has 4 atom stereocenters. The summed E-state index contributed by atoms with van der Waals surface area (Å²) in [5.74, 6) is 1.05. The number of piperidine rings is 1. The third kappa shape index (κ3) is 3.95. The lowest BCUT2D eigenvalue weighted by molar-refractivity contribution is 0.0162. The highest BCUT2D eigenvalue weighted by Gasteiger charge is 2.38. The molecule has 2 aromatic carbocycles. The minimum Gasteiger partial charge on any atom is -0.396 e. The lowest BCUT2D eigenvalue weighted by Crippen LogP contribution is -2.48. The minimum absolute atomic E-state index is 0.000948. The van der Waals surface area contributed by atoms with Gasteiger partial charge < -0.3 is 10.2 Å². The van der Waals surface area contributed by atoms with Crippen LogP contribution in [0.3, 0.4) is 0 Å². The fraction of sp³-hybridized carbons (Fsp3) is 0.455. The van der Waals surface area contributed by atoms with Crippen molar-refractivity contribution in [2.45, 2.75) is 25.3 Å². The van der Waals surface area contributed by atoms with Crippen molar-refractivity contribution in [3.05, 3.63) is 71.8 Å². The number of rotatable bonds is 6. The van der Waals surface area contributed by atoms with Crippen LogP contribution in [0.4, 0.5) is 0 Å². The lowest BCUT2D eigenvalue weighted by atomic mass is 9.72. The molecule has 134 valence electrons. The number of nitrogens with zero attached hydrogens (tertiary/aromatic N) is 1. The fourth-order valence-corrected chi connectivity index (χ4v) is 4.42. The molecule has 0 bridgehead atoms. The molecular weight excluding hydrogens is 310 g/mol. The number of aliphatic hydroxyl groups excluding tert-OH is 2. The fourth-order valence-electron chi connectivity index (χ4n) is 4.42. The molecule has 3 heteroatoms. The van der Waals surface area contributed by atoms with E-state index in [1.807, 2.05) is 24.3 Å². The van der Waals surface area contributed by atoms with E-state index in [2.05, 4.69) is 48.2 Å². The van der Waals surface area contributed by atoms with Gasteiger partial charge in [0, 0.05) is 25.6 Å². The molecule has 2 N–H and O–H groups in total. The summed E-state index contributed by atoms with van der Waals surface area (Å²) >= 11 is 0. The van der Waals surface area contributed by atoms with E-state index in [1.54, 1.807) is 0 Å². The molecular formula is C22H29NO2. The van der Waals surface area contributed by atoms with Gasteiger partial charge in [0.2, 0.25) is 0 Å². The van der Waals surface area contributed by atoms with E-state index in [1.165, 1.54) is 5.56 Å². The zero-order chi connectivity index (χ0) is 17.6. The Kier molecular flexibility index (Phi) is 6.24. The standard InChI is InChI=1S/C22H29NO2/c1-2-17-13-23(21(16-25)18-9-5-3-6-10-18)14-20(15-24)22(17)19-11-7-4-8-12-19/h3-12,17,20-22,24-25H,2,13-16H2,1H3. The third-order valence-electron chi connectivity index (χ3n) is 5.70. The van der Waals surface area contributed by atoms with Gasteiger partial charge in [-0.25, -0.2) is 0 Å². The van der Waals surface area contributed by atoms with Crippen LogP contribution in [-0.2, 0) is 0 Å². The van der Waals surface area contributed by atoms with Crippen LogP contribution in [0.5, 0.6) is 0 Å². The second-order valence-corrected chi connectivity index (χ2v) is 7.11. The molecule has 0 aromatic heterocycles. The van der Waals surface area contributed by atoms with Gasteiger partial charge in [0.25, 0.3) is 0 Å². The molecule has 0 spiro atoms. The van der Waals surface area contributed by atoms with Gasteiger partial charge in [0.05, 0.1) is 12.6 Å². The number of hydrogen-bond donors (Lipinski definition) is 2. The van der Waals surface area contributed by atoms with Crippen molar-refractivity contribution in [3.63, 3.8) is 0 Å². The topological polar surface area (TPSA) is 43.7 Å². The van der Waals surface area contributed by atoms with E-state index in [4.69, 9.17) is 0 Å². The summed E-state index contributed by atoms with van der Waals surface area (Å²) in [5, 5.41) is 20.1. The molecule has 0 aliphatic carbocycles. The van der Waals surface area contributed by atoms with Crippen LogP contribution in [0.1, 0.15) is 36.4 Å². The highest BCUT2D eigenvalue weighted by Crippen LogP contribution is 2.41. The first-order valence-electron chi connectivity index (χ1n) is 9.34. The molecule has 0 radical (unpaired) electrons. The first-order valence-corrected chi connectivity index (χ1v) is 9.34. The summed E-state index contributed by atoms with van der Waals surface area (Å²) in [7, 11) is 0. The third-order valence-corrected chi connectivity index (χ3v) is 5.70. The summed E-state index contributed by atoms with van der Waals surface area (Å²) in [5.41, 5.74) is 2.48. The van der Waals surface area contributed by atoms with Gasteiger partial charge in [-0.3, -0.25) is 4.90 Å². The summed E-state index contributed by atoms with van der Waals surface area (Å²) in [4.78, 5) is 2.36. The van der Waals surface area contributed by atoms with E-state index >= 15 is 0 Å². The van der Waals surface area contributed by atoms with Crippen LogP contribution in [-0.4, -0.2) is 41.4 Å². The quantitative estimate of drug-likeness (QED) is 0.847. The van der Waals surface area contributed by atoms with Crippen LogP contribution in [0.2, 0.25) is 0 Å². The van der Waals surface area contributed by atoms with Crippen LogP contribution in [0, 0.1) is 11.8 Å². The molecule has 0 amide bonds. The molecule has 1 heterocycles. The average molecular weight is 339 g/mol. The van der Waals surface area contributed by atoms with Crippen molar-refractivity contribution in [2.24, 2.45) is 11.8 Å². The zero-order valence-corrected chi connectivity index (χ0v) is 15.0. The second-order valence-electron chi connectivity index (χ2n) is 7.11. The Morgan fingerprint density at radius 2 is 1.52 bits per heavy atom. The number of aliphatic hydroxyl groups is 2. The molecule has 2 aromatic rings. The molecule has 1 aliphatic rings. The smallest absolute Gasteiger partial charge is 0.0628 e. The summed E-state index contributed by atoms with van der Waals surface area (Å²) < 4.78 is 0. The molecule has 1 fully saturated rings. The van der Waals surface area contributed by atoms with Gasteiger partial charge in [-0.1, -0.05) is 74.0 Å². The van der Waals surface area contributed by atoms with Crippen LogP contribution in [0.25, 0.3) is 0 Å². The first kappa shape index (κ1) is 18.1. The highest BCUT2D eigenvalue weighted by atomic mass is 16.3. The molecule has 25 heavy (non-hydrogen) atoms. The van der Waals surface area contributed by atoms with E-state index in [-0.39, 0.29) is 25.2 Å². The number of benzene rings is 2. The van der Waals surface area contributed by atoms with Gasteiger partial charge in [-0.2, -0.15) is 0 Å². The Bertz CT molecular complexity index is 617. The Morgan fingerprint density at radius 3 is 2.08 bits per heavy atom. The number of hydrogen-bond acceptors (Lipinski definition) is 3. The predicted molar refractivity (Wildman–Crippen MR) is 101 cm³/mol. The van der Waals surface area contributed by atoms with E-state index in [0.29, 0.717) is 11.8 Å². The summed E-state index contributed by atoms with van der Waals surface area (Å²) in [6, 6.07) is 20.8. The second kappa shape index (κ2) is 8.61. The first-order chi connectivity index (χ1) is 12.3. The molecule has 4 unspecified atom stereocenters. The summed E-state index contributed by atoms with van der Waals surface area (Å²) in [6.07, 6.45) is 1.07. The maximum atomic E-state index is 10.1.